The first-order chi connectivity index (χ1) is 9.53. The Hall–Kier alpha value is -1.99. The molecule has 2 N–H and O–H groups in total. The molecule has 0 aliphatic carbocycles. The molecule has 1 aromatic heterocycles. The lowest BCUT2D eigenvalue weighted by Crippen LogP contribution is -2.15. The highest BCUT2D eigenvalue weighted by molar-refractivity contribution is 7.92. The van der Waals surface area contributed by atoms with Crippen LogP contribution in [0.1, 0.15) is 18.5 Å². The summed E-state index contributed by atoms with van der Waals surface area (Å²) in [4.78, 5) is 7.89. The number of benzene rings is 1. The molecule has 0 spiro atoms. The molecule has 1 unspecified atom stereocenters. The van der Waals surface area contributed by atoms with E-state index in [-0.39, 0.29) is 16.8 Å². The Morgan fingerprint density at radius 2 is 1.85 bits per heavy atom. The van der Waals surface area contributed by atoms with Gasteiger partial charge in [-0.25, -0.2) is 13.4 Å². The lowest BCUT2D eigenvalue weighted by Gasteiger charge is -2.11. The van der Waals surface area contributed by atoms with Gasteiger partial charge in [0, 0.05) is 18.4 Å². The predicted octanol–water partition coefficient (Wildman–Crippen LogP) is 1.56. The molecule has 6 nitrogen and oxygen atoms in total. The first-order valence-electron chi connectivity index (χ1n) is 6.09. The summed E-state index contributed by atoms with van der Waals surface area (Å²) in [5, 5.41) is 3.10. The number of anilines is 1. The highest BCUT2D eigenvalue weighted by atomic mass is 32.2. The summed E-state index contributed by atoms with van der Waals surface area (Å²) in [7, 11) is -1.78. The fourth-order valence-electron chi connectivity index (χ4n) is 1.65. The summed E-state index contributed by atoms with van der Waals surface area (Å²) in [6, 6.07) is 6.88. The standard InChI is InChI=1S/C13H16N4O2S/c1-10(14-2)11-3-5-12(6-4-11)20(18,19)17-13-9-15-7-8-16-13/h3-10,14H,1-2H3,(H,16,17). The molecule has 0 bridgehead atoms. The molecular formula is C13H16N4O2S. The number of rotatable bonds is 5. The lowest BCUT2D eigenvalue weighted by molar-refractivity contribution is 0.600. The fourth-order valence-corrected chi connectivity index (χ4v) is 2.64. The van der Waals surface area contributed by atoms with Crippen LogP contribution in [-0.2, 0) is 10.0 Å². The van der Waals surface area contributed by atoms with Crippen LogP contribution in [-0.4, -0.2) is 25.4 Å². The van der Waals surface area contributed by atoms with E-state index in [1.807, 2.05) is 14.0 Å². The molecule has 1 atom stereocenters. The van der Waals surface area contributed by atoms with Gasteiger partial charge in [-0.2, -0.15) is 0 Å². The predicted molar refractivity (Wildman–Crippen MR) is 76.8 cm³/mol. The van der Waals surface area contributed by atoms with E-state index < -0.39 is 10.0 Å². The normalized spacial score (nSPS) is 12.9. The van der Waals surface area contributed by atoms with Gasteiger partial charge in [0.2, 0.25) is 0 Å². The van der Waals surface area contributed by atoms with E-state index in [1.165, 1.54) is 18.6 Å². The maximum Gasteiger partial charge on any atom is 0.263 e. The van der Waals surface area contributed by atoms with Crippen LogP contribution in [0, 0.1) is 0 Å². The van der Waals surface area contributed by atoms with E-state index in [0.717, 1.165) is 5.56 Å². The van der Waals surface area contributed by atoms with E-state index >= 15 is 0 Å². The second-order valence-electron chi connectivity index (χ2n) is 4.28. The third-order valence-electron chi connectivity index (χ3n) is 2.93. The number of hydrogen-bond donors (Lipinski definition) is 2. The average molecular weight is 292 g/mol. The van der Waals surface area contributed by atoms with E-state index in [0.29, 0.717) is 0 Å². The first-order valence-corrected chi connectivity index (χ1v) is 7.57. The van der Waals surface area contributed by atoms with Crippen molar-refractivity contribution in [2.45, 2.75) is 17.9 Å². The van der Waals surface area contributed by atoms with Gasteiger partial charge in [-0.1, -0.05) is 12.1 Å². The molecule has 0 fully saturated rings. The molecular weight excluding hydrogens is 276 g/mol. The zero-order chi connectivity index (χ0) is 14.6. The van der Waals surface area contributed by atoms with Crippen LogP contribution in [0.4, 0.5) is 5.82 Å². The van der Waals surface area contributed by atoms with Gasteiger partial charge in [-0.15, -0.1) is 0 Å². The van der Waals surface area contributed by atoms with Gasteiger partial charge in [0.1, 0.15) is 0 Å². The Morgan fingerprint density at radius 3 is 2.40 bits per heavy atom. The molecule has 1 heterocycles. The Kier molecular flexibility index (Phi) is 4.31. The third-order valence-corrected chi connectivity index (χ3v) is 4.30. The minimum Gasteiger partial charge on any atom is -0.313 e. The quantitative estimate of drug-likeness (QED) is 0.873. The maximum atomic E-state index is 12.2. The number of nitrogens with zero attached hydrogens (tertiary/aromatic N) is 2. The highest BCUT2D eigenvalue weighted by Gasteiger charge is 2.15. The van der Waals surface area contributed by atoms with Crippen LogP contribution in [0.25, 0.3) is 0 Å². The van der Waals surface area contributed by atoms with Crippen molar-refractivity contribution in [3.63, 3.8) is 0 Å². The number of hydrogen-bond acceptors (Lipinski definition) is 5. The molecule has 1 aromatic carbocycles. The minimum atomic E-state index is -3.64. The van der Waals surface area contributed by atoms with Crippen LogP contribution in [0.3, 0.4) is 0 Å². The monoisotopic (exact) mass is 292 g/mol. The molecule has 0 saturated heterocycles. The van der Waals surface area contributed by atoms with Crippen LogP contribution < -0.4 is 10.0 Å². The molecule has 2 rings (SSSR count). The molecule has 0 aliphatic rings. The fraction of sp³-hybridized carbons (Fsp3) is 0.231. The Labute approximate surface area is 118 Å². The van der Waals surface area contributed by atoms with Crippen LogP contribution >= 0.6 is 0 Å². The van der Waals surface area contributed by atoms with Crippen molar-refractivity contribution in [2.24, 2.45) is 0 Å². The Balaban J connectivity index is 2.22. The molecule has 106 valence electrons. The van der Waals surface area contributed by atoms with Crippen LogP contribution in [0.15, 0.2) is 47.8 Å². The van der Waals surface area contributed by atoms with E-state index in [1.54, 1.807) is 24.3 Å². The summed E-state index contributed by atoms with van der Waals surface area (Å²) in [5.74, 6) is 0.195. The number of aromatic nitrogens is 2. The van der Waals surface area contributed by atoms with Crippen molar-refractivity contribution in [2.75, 3.05) is 11.8 Å². The minimum absolute atomic E-state index is 0.166. The van der Waals surface area contributed by atoms with Gasteiger partial charge in [-0.05, 0) is 31.7 Å². The van der Waals surface area contributed by atoms with Crippen molar-refractivity contribution in [3.8, 4) is 0 Å². The van der Waals surface area contributed by atoms with Gasteiger partial charge in [0.15, 0.2) is 5.82 Å². The number of sulfonamides is 1. The Morgan fingerprint density at radius 1 is 1.15 bits per heavy atom. The van der Waals surface area contributed by atoms with Crippen molar-refractivity contribution in [3.05, 3.63) is 48.4 Å². The largest absolute Gasteiger partial charge is 0.313 e. The van der Waals surface area contributed by atoms with Gasteiger partial charge < -0.3 is 5.32 Å². The van der Waals surface area contributed by atoms with Crippen molar-refractivity contribution < 1.29 is 8.42 Å². The SMILES string of the molecule is CNC(C)c1ccc(S(=O)(=O)Nc2cnccn2)cc1. The summed E-state index contributed by atoms with van der Waals surface area (Å²) >= 11 is 0. The molecule has 0 saturated carbocycles. The van der Waals surface area contributed by atoms with Crippen LogP contribution in [0.5, 0.6) is 0 Å². The van der Waals surface area contributed by atoms with Crippen molar-refractivity contribution in [1.29, 1.82) is 0 Å². The summed E-state index contributed by atoms with van der Waals surface area (Å²) < 4.78 is 26.7. The maximum absolute atomic E-state index is 12.2. The lowest BCUT2D eigenvalue weighted by atomic mass is 10.1. The number of nitrogens with one attached hydrogen (secondary N) is 2. The van der Waals surface area contributed by atoms with Gasteiger partial charge in [0.05, 0.1) is 11.1 Å². The summed E-state index contributed by atoms with van der Waals surface area (Å²) in [6.07, 6.45) is 4.26. The molecule has 20 heavy (non-hydrogen) atoms. The first kappa shape index (κ1) is 14.4. The molecule has 0 radical (unpaired) electrons. The zero-order valence-corrected chi connectivity index (χ0v) is 12.1. The third kappa shape index (κ3) is 3.31. The van der Waals surface area contributed by atoms with Crippen LogP contribution in [0.2, 0.25) is 0 Å². The molecule has 0 aliphatic heterocycles. The summed E-state index contributed by atoms with van der Waals surface area (Å²) in [6.45, 7) is 2.00. The zero-order valence-electron chi connectivity index (χ0n) is 11.2. The van der Waals surface area contributed by atoms with E-state index in [4.69, 9.17) is 0 Å². The van der Waals surface area contributed by atoms with Gasteiger partial charge >= 0.3 is 0 Å². The van der Waals surface area contributed by atoms with E-state index in [2.05, 4.69) is 20.0 Å². The van der Waals surface area contributed by atoms with Crippen molar-refractivity contribution in [1.82, 2.24) is 15.3 Å². The second-order valence-corrected chi connectivity index (χ2v) is 5.96. The Bertz CT molecular complexity index is 657. The molecule has 0 amide bonds. The second kappa shape index (κ2) is 5.98. The summed E-state index contributed by atoms with van der Waals surface area (Å²) in [5.41, 5.74) is 1.02. The molecule has 2 aromatic rings. The van der Waals surface area contributed by atoms with Gasteiger partial charge in [0.25, 0.3) is 10.0 Å². The molecule has 7 heteroatoms. The highest BCUT2D eigenvalue weighted by Crippen LogP contribution is 2.17. The van der Waals surface area contributed by atoms with E-state index in [9.17, 15) is 8.42 Å². The average Bonchev–Trinajstić information content (AvgIpc) is 2.47. The smallest absolute Gasteiger partial charge is 0.263 e. The van der Waals surface area contributed by atoms with Crippen molar-refractivity contribution >= 4 is 15.8 Å². The van der Waals surface area contributed by atoms with Gasteiger partial charge in [-0.3, -0.25) is 9.71 Å². The topological polar surface area (TPSA) is 84.0 Å².